The molecule has 0 saturated carbocycles. The second-order valence-electron chi connectivity index (χ2n) is 3.78. The van der Waals surface area contributed by atoms with Crippen molar-refractivity contribution in [2.24, 2.45) is 0 Å². The molecule has 1 heterocycles. The van der Waals surface area contributed by atoms with Gasteiger partial charge in [-0.1, -0.05) is 22.0 Å². The van der Waals surface area contributed by atoms with Crippen LogP contribution in [0.25, 0.3) is 21.9 Å². The molecule has 0 bridgehead atoms. The van der Waals surface area contributed by atoms with Crippen molar-refractivity contribution in [2.45, 2.75) is 6.92 Å². The lowest BCUT2D eigenvalue weighted by molar-refractivity contribution is -0.329. The van der Waals surface area contributed by atoms with Crippen molar-refractivity contribution in [2.75, 3.05) is 0 Å². The summed E-state index contributed by atoms with van der Waals surface area (Å²) >= 11 is 5.65. The summed E-state index contributed by atoms with van der Waals surface area (Å²) in [5.41, 5.74) is 3.21. The molecule has 3 heteroatoms. The molecule has 0 aliphatic heterocycles. The van der Waals surface area contributed by atoms with Crippen molar-refractivity contribution < 1.29 is 27.0 Å². The fourth-order valence-electron chi connectivity index (χ4n) is 2.01. The molecule has 0 atom stereocenters. The zero-order chi connectivity index (χ0) is 11.3. The van der Waals surface area contributed by atoms with E-state index in [-0.39, 0.29) is 0 Å². The van der Waals surface area contributed by atoms with Crippen molar-refractivity contribution in [1.82, 2.24) is 0 Å². The van der Waals surface area contributed by atoms with E-state index in [0.29, 0.717) is 0 Å². The topological polar surface area (TPSA) is 13.1 Å². The molecule has 16 heavy (non-hydrogen) atoms. The zero-order valence-electron chi connectivity index (χ0n) is 8.58. The van der Waals surface area contributed by atoms with Crippen LogP contribution in [-0.2, 0) is 0 Å². The van der Waals surface area contributed by atoms with E-state index in [1.165, 1.54) is 19.9 Å². The Morgan fingerprint density at radius 1 is 1.06 bits per heavy atom. The molecule has 0 saturated heterocycles. The van der Waals surface area contributed by atoms with Crippen LogP contribution in [0.3, 0.4) is 0 Å². The van der Waals surface area contributed by atoms with Crippen LogP contribution in [0.2, 0.25) is 0 Å². The average molecular weight is 388 g/mol. The molecule has 0 unspecified atom stereocenters. The van der Waals surface area contributed by atoms with Crippen molar-refractivity contribution in [3.63, 3.8) is 0 Å². The minimum Gasteiger partial charge on any atom is -0.456 e. The first kappa shape index (κ1) is 10.6. The lowest BCUT2D eigenvalue weighted by atomic mass is 10.1. The average Bonchev–Trinajstić information content (AvgIpc) is 2.64. The summed E-state index contributed by atoms with van der Waals surface area (Å²) in [6, 6.07) is 10.2. The van der Waals surface area contributed by atoms with E-state index < -0.39 is 0 Å². The number of fused-ring (bicyclic) bond motifs is 3. The highest BCUT2D eigenvalue weighted by Gasteiger charge is 2.15. The van der Waals surface area contributed by atoms with Gasteiger partial charge in [0.2, 0.25) is 0 Å². The van der Waals surface area contributed by atoms with Gasteiger partial charge in [0, 0.05) is 20.8 Å². The van der Waals surface area contributed by atoms with Crippen LogP contribution in [0, 0.1) is 10.5 Å². The Bertz CT molecular complexity index is 700. The number of aryl methyl sites for hydroxylation is 1. The van der Waals surface area contributed by atoms with Gasteiger partial charge in [-0.3, -0.25) is 0 Å². The summed E-state index contributed by atoms with van der Waals surface area (Å²) in [7, 11) is 0. The molecule has 1 aromatic heterocycles. The minimum absolute atomic E-state index is 0.944. The first-order valence-corrected chi connectivity index (χ1v) is 6.91. The van der Waals surface area contributed by atoms with Crippen molar-refractivity contribution >= 4 is 37.9 Å². The lowest BCUT2D eigenvalue weighted by Gasteiger charge is -1.96. The van der Waals surface area contributed by atoms with E-state index in [4.69, 9.17) is 4.42 Å². The third-order valence-corrected chi connectivity index (χ3v) is 4.75. The predicted molar refractivity (Wildman–Crippen MR) is 66.2 cm³/mol. The number of rotatable bonds is 0. The number of hydrogen-bond acceptors (Lipinski definition) is 1. The van der Waals surface area contributed by atoms with Gasteiger partial charge in [0.1, 0.15) is 11.2 Å². The maximum absolute atomic E-state index is 5.84. The molecule has 1 nitrogen and oxygen atoms in total. The molecule has 0 fully saturated rings. The molecule has 0 amide bonds. The SMILES string of the molecule is Cc1c([IH+])ccc2oc3cccc(Br)c3c12. The minimum atomic E-state index is 0.944. The van der Waals surface area contributed by atoms with Crippen LogP contribution in [-0.4, -0.2) is 0 Å². The van der Waals surface area contributed by atoms with Gasteiger partial charge in [-0.15, -0.1) is 0 Å². The molecule has 0 aliphatic carbocycles. The Balaban J connectivity index is 2.66. The third-order valence-electron chi connectivity index (χ3n) is 2.82. The maximum atomic E-state index is 5.84. The molecule has 3 rings (SSSR count). The van der Waals surface area contributed by atoms with Gasteiger partial charge >= 0.3 is 0 Å². The van der Waals surface area contributed by atoms with Gasteiger partial charge in [0.05, 0.1) is 0 Å². The molecular weight excluding hydrogens is 379 g/mol. The van der Waals surface area contributed by atoms with Crippen LogP contribution in [0.5, 0.6) is 0 Å². The summed E-state index contributed by atoms with van der Waals surface area (Å²) < 4.78 is 8.24. The normalized spacial score (nSPS) is 11.4. The number of furan rings is 1. The smallest absolute Gasteiger partial charge is 0.297 e. The summed E-state index contributed by atoms with van der Waals surface area (Å²) in [5, 5.41) is 2.41. The van der Waals surface area contributed by atoms with Gasteiger partial charge in [0.25, 0.3) is 22.6 Å². The van der Waals surface area contributed by atoms with Gasteiger partial charge in [-0.2, -0.15) is 0 Å². The zero-order valence-corrected chi connectivity index (χ0v) is 12.5. The molecule has 80 valence electrons. The molecule has 0 aliphatic rings. The number of halogens is 2. The highest BCUT2D eigenvalue weighted by atomic mass is 127. The van der Waals surface area contributed by atoms with Gasteiger partial charge < -0.3 is 4.42 Å². The Morgan fingerprint density at radius 3 is 2.62 bits per heavy atom. The maximum Gasteiger partial charge on any atom is 0.297 e. The van der Waals surface area contributed by atoms with E-state index >= 15 is 0 Å². The van der Waals surface area contributed by atoms with Gasteiger partial charge in [0.15, 0.2) is 3.57 Å². The monoisotopic (exact) mass is 387 g/mol. The summed E-state index contributed by atoms with van der Waals surface area (Å²) in [4.78, 5) is 0. The van der Waals surface area contributed by atoms with Crippen molar-refractivity contribution in [3.05, 3.63) is 43.9 Å². The van der Waals surface area contributed by atoms with Crippen molar-refractivity contribution in [3.8, 4) is 0 Å². The largest absolute Gasteiger partial charge is 0.456 e. The van der Waals surface area contributed by atoms with Crippen LogP contribution in [0.15, 0.2) is 39.2 Å². The lowest BCUT2D eigenvalue weighted by Crippen LogP contribution is -3.34. The number of benzene rings is 2. The van der Waals surface area contributed by atoms with Crippen LogP contribution < -0.4 is 22.6 Å². The quantitative estimate of drug-likeness (QED) is 0.527. The van der Waals surface area contributed by atoms with Crippen LogP contribution >= 0.6 is 15.9 Å². The fourth-order valence-corrected chi connectivity index (χ4v) is 3.05. The third kappa shape index (κ3) is 1.41. The Hall–Kier alpha value is -0.550. The second kappa shape index (κ2) is 3.74. The van der Waals surface area contributed by atoms with Crippen LogP contribution in [0.4, 0.5) is 0 Å². The summed E-state index contributed by atoms with van der Waals surface area (Å²) in [6.07, 6.45) is 0. The molecule has 0 spiro atoms. The first-order chi connectivity index (χ1) is 7.68. The number of hydrogen-bond donors (Lipinski definition) is 0. The Labute approximate surface area is 115 Å². The summed E-state index contributed by atoms with van der Waals surface area (Å²) in [6.45, 7) is 2.15. The van der Waals surface area contributed by atoms with E-state index in [1.54, 1.807) is 0 Å². The fraction of sp³-hybridized carbons (Fsp3) is 0.0769. The van der Waals surface area contributed by atoms with Gasteiger partial charge in [-0.25, -0.2) is 0 Å². The van der Waals surface area contributed by atoms with E-state index in [1.807, 2.05) is 18.2 Å². The van der Waals surface area contributed by atoms with E-state index in [2.05, 4.69) is 57.6 Å². The molecular formula is C13H9BrIO+. The highest BCUT2D eigenvalue weighted by Crippen LogP contribution is 2.35. The van der Waals surface area contributed by atoms with Crippen molar-refractivity contribution in [1.29, 1.82) is 0 Å². The Morgan fingerprint density at radius 2 is 1.81 bits per heavy atom. The Kier molecular flexibility index (Phi) is 2.47. The first-order valence-electron chi connectivity index (χ1n) is 4.96. The summed E-state index contributed by atoms with van der Waals surface area (Å²) in [5.74, 6) is 0. The molecule has 2 aromatic carbocycles. The van der Waals surface area contributed by atoms with E-state index in [0.717, 1.165) is 15.6 Å². The van der Waals surface area contributed by atoms with Gasteiger partial charge in [-0.05, 0) is 31.2 Å². The molecule has 0 radical (unpaired) electrons. The molecule has 3 aromatic rings. The predicted octanol–water partition coefficient (Wildman–Crippen LogP) is 1.11. The molecule has 0 N–H and O–H groups in total. The van der Waals surface area contributed by atoms with E-state index in [9.17, 15) is 0 Å². The highest BCUT2D eigenvalue weighted by molar-refractivity contribution is 9.10. The second-order valence-corrected chi connectivity index (χ2v) is 5.89. The standard InChI is InChI=1S/C13H9BrIO/c1-7-9(15)5-6-11-12(7)13-8(14)3-2-4-10(13)16-11/h2-6,15H,1H3/q+1. The van der Waals surface area contributed by atoms with Crippen LogP contribution in [0.1, 0.15) is 5.56 Å².